The summed E-state index contributed by atoms with van der Waals surface area (Å²) in [6, 6.07) is 1.22. The van der Waals surface area contributed by atoms with E-state index >= 15 is 0 Å². The molecule has 1 N–H and O–H groups in total. The molecule has 1 aromatic rings. The lowest BCUT2D eigenvalue weighted by molar-refractivity contribution is 0.185. The molecule has 0 bridgehead atoms. The molecule has 11 heteroatoms. The Labute approximate surface area is 253 Å². The van der Waals surface area contributed by atoms with Crippen molar-refractivity contribution in [1.82, 2.24) is 9.62 Å². The first-order valence-electron chi connectivity index (χ1n) is 15.2. The van der Waals surface area contributed by atoms with E-state index in [9.17, 15) is 16.8 Å². The average molecular weight is 630 g/mol. The number of rotatable bonds is 22. The molecule has 1 aromatic heterocycles. The molecule has 0 fully saturated rings. The SMILES string of the molecule is CCCCC/C=C/C/C=C/CCCCCCCC=NS(=O)(=O)c1cc2c(s1)S(=O)(=O)N(CCCOC)C[C@@H]2NCC. The first-order valence-corrected chi connectivity index (χ1v) is 18.9. The van der Waals surface area contributed by atoms with Crippen LogP contribution in [-0.2, 0) is 24.8 Å². The monoisotopic (exact) mass is 629 g/mol. The first-order chi connectivity index (χ1) is 19.8. The molecular weight excluding hydrogens is 579 g/mol. The third-order valence-corrected chi connectivity index (χ3v) is 12.3. The van der Waals surface area contributed by atoms with Crippen molar-refractivity contribution in [2.45, 2.75) is 112 Å². The summed E-state index contributed by atoms with van der Waals surface area (Å²) in [6.07, 6.45) is 24.2. The van der Waals surface area contributed by atoms with Crippen LogP contribution in [0.1, 0.15) is 109 Å². The molecular formula is C30H51N3O5S3. The van der Waals surface area contributed by atoms with E-state index in [1.54, 1.807) is 7.11 Å². The van der Waals surface area contributed by atoms with Gasteiger partial charge in [-0.15, -0.1) is 11.3 Å². The Morgan fingerprint density at radius 2 is 1.66 bits per heavy atom. The molecule has 1 aliphatic heterocycles. The highest BCUT2D eigenvalue weighted by molar-refractivity contribution is 7.94. The number of allylic oxidation sites excluding steroid dienone is 4. The molecule has 0 saturated heterocycles. The van der Waals surface area contributed by atoms with Crippen molar-refractivity contribution in [2.24, 2.45) is 4.40 Å². The molecule has 0 radical (unpaired) electrons. The molecule has 234 valence electrons. The summed E-state index contributed by atoms with van der Waals surface area (Å²) >= 11 is 0.799. The van der Waals surface area contributed by atoms with Crippen LogP contribution in [-0.4, -0.2) is 60.7 Å². The summed E-state index contributed by atoms with van der Waals surface area (Å²) in [6.45, 7) is 5.85. The van der Waals surface area contributed by atoms with Crippen LogP contribution in [0.5, 0.6) is 0 Å². The molecule has 0 aromatic carbocycles. The lowest BCUT2D eigenvalue weighted by Crippen LogP contribution is -2.43. The Kier molecular flexibility index (Phi) is 17.3. The number of hydrogen-bond donors (Lipinski definition) is 1. The van der Waals surface area contributed by atoms with Gasteiger partial charge >= 0.3 is 0 Å². The van der Waals surface area contributed by atoms with E-state index in [1.165, 1.54) is 48.7 Å². The van der Waals surface area contributed by atoms with Crippen LogP contribution in [0.15, 0.2) is 43.2 Å². The highest BCUT2D eigenvalue weighted by Gasteiger charge is 2.39. The fourth-order valence-corrected chi connectivity index (χ4v) is 9.50. The predicted molar refractivity (Wildman–Crippen MR) is 171 cm³/mol. The summed E-state index contributed by atoms with van der Waals surface area (Å²) in [5, 5.41) is 3.30. The highest BCUT2D eigenvalue weighted by atomic mass is 32.3. The van der Waals surface area contributed by atoms with Gasteiger partial charge in [0.25, 0.3) is 20.0 Å². The van der Waals surface area contributed by atoms with Crippen molar-refractivity contribution in [2.75, 3.05) is 33.4 Å². The summed E-state index contributed by atoms with van der Waals surface area (Å²) in [5.74, 6) is 0. The van der Waals surface area contributed by atoms with E-state index in [4.69, 9.17) is 4.74 Å². The van der Waals surface area contributed by atoms with Crippen LogP contribution < -0.4 is 5.32 Å². The van der Waals surface area contributed by atoms with Gasteiger partial charge in [-0.1, -0.05) is 70.3 Å². The molecule has 0 amide bonds. The van der Waals surface area contributed by atoms with Crippen LogP contribution >= 0.6 is 11.3 Å². The van der Waals surface area contributed by atoms with E-state index in [1.807, 2.05) is 6.92 Å². The van der Waals surface area contributed by atoms with Gasteiger partial charge in [-0.05, 0) is 64.0 Å². The molecule has 2 heterocycles. The zero-order chi connectivity index (χ0) is 30.0. The van der Waals surface area contributed by atoms with E-state index in [0.29, 0.717) is 38.1 Å². The van der Waals surface area contributed by atoms with Gasteiger partial charge in [0, 0.05) is 44.6 Å². The molecule has 0 saturated carbocycles. The molecule has 0 unspecified atom stereocenters. The maximum atomic E-state index is 13.2. The fraction of sp³-hybridized carbons (Fsp3) is 0.700. The quantitative estimate of drug-likeness (QED) is 0.0840. The van der Waals surface area contributed by atoms with Gasteiger partial charge in [0.05, 0.1) is 0 Å². The van der Waals surface area contributed by atoms with Crippen molar-refractivity contribution in [3.8, 4) is 0 Å². The van der Waals surface area contributed by atoms with Crippen molar-refractivity contribution in [3.05, 3.63) is 35.9 Å². The standard InChI is InChI=1S/C30H51N3O5S3/c1-4-6-7-8-9-10-11-12-13-14-15-16-17-18-19-20-22-32-40(34,35)29-25-27-28(31-5-2)26-33(23-21-24-38-3)41(36,37)30(27)39-29/h9-10,12-13,22,25,28,31H,4-8,11,14-21,23-24,26H2,1-3H3/b10-9+,13-12+,32-22?/t28-/m0/s1. The second-order valence-electron chi connectivity index (χ2n) is 10.4. The molecule has 2 rings (SSSR count). The van der Waals surface area contributed by atoms with Gasteiger partial charge in [0.2, 0.25) is 0 Å². The Bertz CT molecular complexity index is 1170. The van der Waals surface area contributed by atoms with Crippen LogP contribution in [0.25, 0.3) is 0 Å². The van der Waals surface area contributed by atoms with Gasteiger partial charge in [-0.2, -0.15) is 17.1 Å². The first kappa shape index (κ1) is 35.8. The number of nitrogens with one attached hydrogen (secondary N) is 1. The second kappa shape index (κ2) is 19.7. The third kappa shape index (κ3) is 12.4. The molecule has 1 aliphatic rings. The second-order valence-corrected chi connectivity index (χ2v) is 15.5. The van der Waals surface area contributed by atoms with E-state index in [-0.39, 0.29) is 21.0 Å². The van der Waals surface area contributed by atoms with Gasteiger partial charge in [0.1, 0.15) is 8.42 Å². The largest absolute Gasteiger partial charge is 0.385 e. The van der Waals surface area contributed by atoms with Crippen LogP contribution in [0, 0.1) is 0 Å². The normalized spacial score (nSPS) is 17.8. The van der Waals surface area contributed by atoms with Gasteiger partial charge < -0.3 is 10.1 Å². The minimum absolute atomic E-state index is 0.0241. The van der Waals surface area contributed by atoms with Crippen molar-refractivity contribution >= 4 is 37.6 Å². The number of unbranched alkanes of at least 4 members (excludes halogenated alkanes) is 9. The van der Waals surface area contributed by atoms with Gasteiger partial charge in [-0.3, -0.25) is 0 Å². The number of hydrogen-bond acceptors (Lipinski definition) is 7. The molecule has 41 heavy (non-hydrogen) atoms. The Hall–Kier alpha value is -1.37. The maximum absolute atomic E-state index is 13.2. The van der Waals surface area contributed by atoms with Gasteiger partial charge in [0.15, 0.2) is 0 Å². The number of methoxy groups -OCH3 is 1. The van der Waals surface area contributed by atoms with E-state index in [2.05, 4.69) is 40.9 Å². The fourth-order valence-electron chi connectivity index (χ4n) is 4.72. The Morgan fingerprint density at radius 1 is 1.00 bits per heavy atom. The summed E-state index contributed by atoms with van der Waals surface area (Å²) in [4.78, 5) is 0. The number of sulfonamides is 2. The minimum atomic E-state index is -3.96. The average Bonchev–Trinajstić information content (AvgIpc) is 3.41. The molecule has 0 aliphatic carbocycles. The maximum Gasteiger partial charge on any atom is 0.291 e. The minimum Gasteiger partial charge on any atom is -0.385 e. The van der Waals surface area contributed by atoms with E-state index < -0.39 is 20.0 Å². The van der Waals surface area contributed by atoms with Crippen molar-refractivity contribution < 1.29 is 21.6 Å². The van der Waals surface area contributed by atoms with Crippen molar-refractivity contribution in [1.29, 1.82) is 0 Å². The highest BCUT2D eigenvalue weighted by Crippen LogP contribution is 2.40. The predicted octanol–water partition coefficient (Wildman–Crippen LogP) is 7.01. The lowest BCUT2D eigenvalue weighted by atomic mass is 10.1. The zero-order valence-corrected chi connectivity index (χ0v) is 27.7. The summed E-state index contributed by atoms with van der Waals surface area (Å²) in [7, 11) is -6.15. The molecule has 1 atom stereocenters. The van der Waals surface area contributed by atoms with E-state index in [0.717, 1.165) is 49.9 Å². The molecule has 0 spiro atoms. The zero-order valence-electron chi connectivity index (χ0n) is 25.2. The summed E-state index contributed by atoms with van der Waals surface area (Å²) < 4.78 is 62.8. The third-order valence-electron chi connectivity index (χ3n) is 7.00. The van der Waals surface area contributed by atoms with Crippen LogP contribution in [0.4, 0.5) is 0 Å². The lowest BCUT2D eigenvalue weighted by Gasteiger charge is -2.32. The Morgan fingerprint density at radius 3 is 2.32 bits per heavy atom. The van der Waals surface area contributed by atoms with Crippen LogP contribution in [0.2, 0.25) is 0 Å². The summed E-state index contributed by atoms with van der Waals surface area (Å²) in [5.41, 5.74) is 0.516. The number of likely N-dealkylation sites (N-methyl/N-ethyl adjacent to an activating group) is 1. The number of thiophene rings is 1. The Balaban J connectivity index is 1.77. The van der Waals surface area contributed by atoms with Crippen LogP contribution in [0.3, 0.4) is 0 Å². The van der Waals surface area contributed by atoms with Gasteiger partial charge in [-0.25, -0.2) is 8.42 Å². The number of ether oxygens (including phenoxy) is 1. The molecule has 8 nitrogen and oxygen atoms in total. The number of fused-ring (bicyclic) bond motifs is 1. The topological polar surface area (TPSA) is 105 Å². The number of nitrogens with zero attached hydrogens (tertiary/aromatic N) is 2. The van der Waals surface area contributed by atoms with Crippen molar-refractivity contribution in [3.63, 3.8) is 0 Å². The smallest absolute Gasteiger partial charge is 0.291 e.